The highest BCUT2D eigenvalue weighted by Crippen LogP contribution is 2.21. The molecular formula is C13H16N2OS. The summed E-state index contributed by atoms with van der Waals surface area (Å²) < 4.78 is 0. The molecule has 4 heteroatoms. The first-order valence-electron chi connectivity index (χ1n) is 5.58. The first-order chi connectivity index (χ1) is 8.19. The van der Waals surface area contributed by atoms with Crippen molar-refractivity contribution in [2.45, 2.75) is 17.4 Å². The Balaban J connectivity index is 1.96. The van der Waals surface area contributed by atoms with Gasteiger partial charge in [0.15, 0.2) is 0 Å². The van der Waals surface area contributed by atoms with Gasteiger partial charge in [0.2, 0.25) is 5.91 Å². The zero-order valence-corrected chi connectivity index (χ0v) is 10.5. The average Bonchev–Trinajstić information content (AvgIpc) is 2.77. The molecular weight excluding hydrogens is 232 g/mol. The van der Waals surface area contributed by atoms with E-state index >= 15 is 0 Å². The van der Waals surface area contributed by atoms with Gasteiger partial charge in [-0.05, 0) is 36.9 Å². The van der Waals surface area contributed by atoms with Crippen LogP contribution in [0, 0.1) is 5.92 Å². The van der Waals surface area contributed by atoms with Crippen molar-refractivity contribution in [2.75, 3.05) is 11.6 Å². The largest absolute Gasteiger partial charge is 0.326 e. The molecule has 1 aliphatic carbocycles. The molecule has 1 aromatic carbocycles. The molecule has 2 atom stereocenters. The lowest BCUT2D eigenvalue weighted by molar-refractivity contribution is -0.118. The Morgan fingerprint density at radius 2 is 2.06 bits per heavy atom. The number of nitrogens with one attached hydrogen (secondary N) is 1. The van der Waals surface area contributed by atoms with E-state index in [2.05, 4.69) is 5.32 Å². The zero-order chi connectivity index (χ0) is 12.3. The Morgan fingerprint density at radius 1 is 1.35 bits per heavy atom. The van der Waals surface area contributed by atoms with Gasteiger partial charge in [0.25, 0.3) is 0 Å². The first kappa shape index (κ1) is 12.2. The molecule has 0 saturated heterocycles. The average molecular weight is 248 g/mol. The molecule has 90 valence electrons. The Morgan fingerprint density at radius 3 is 2.59 bits per heavy atom. The van der Waals surface area contributed by atoms with Crippen LogP contribution in [0.15, 0.2) is 41.3 Å². The van der Waals surface area contributed by atoms with E-state index in [1.54, 1.807) is 11.8 Å². The van der Waals surface area contributed by atoms with Gasteiger partial charge in [-0.2, -0.15) is 0 Å². The van der Waals surface area contributed by atoms with Crippen LogP contribution in [0.1, 0.15) is 6.42 Å². The third-order valence-corrected chi connectivity index (χ3v) is 3.55. The summed E-state index contributed by atoms with van der Waals surface area (Å²) in [6.45, 7) is 0. The number of amides is 1. The molecule has 0 radical (unpaired) electrons. The molecule has 0 aromatic heterocycles. The summed E-state index contributed by atoms with van der Waals surface area (Å²) in [4.78, 5) is 13.1. The lowest BCUT2D eigenvalue weighted by Gasteiger charge is -2.10. The normalized spacial score (nSPS) is 22.7. The molecule has 1 amide bonds. The molecule has 1 aliphatic rings. The Bertz CT molecular complexity index is 428. The van der Waals surface area contributed by atoms with Crippen LogP contribution in [0.4, 0.5) is 5.69 Å². The second-order valence-corrected chi connectivity index (χ2v) is 4.99. The molecule has 2 unspecified atom stereocenters. The van der Waals surface area contributed by atoms with Crippen molar-refractivity contribution in [3.8, 4) is 0 Å². The van der Waals surface area contributed by atoms with Gasteiger partial charge in [-0.25, -0.2) is 0 Å². The van der Waals surface area contributed by atoms with Crippen molar-refractivity contribution >= 4 is 23.4 Å². The molecule has 3 nitrogen and oxygen atoms in total. The number of nitrogens with two attached hydrogens (primary N) is 1. The van der Waals surface area contributed by atoms with E-state index in [4.69, 9.17) is 5.73 Å². The van der Waals surface area contributed by atoms with Crippen LogP contribution in [0.5, 0.6) is 0 Å². The predicted molar refractivity (Wildman–Crippen MR) is 72.1 cm³/mol. The number of benzene rings is 1. The van der Waals surface area contributed by atoms with E-state index in [0.717, 1.165) is 5.69 Å². The fourth-order valence-corrected chi connectivity index (χ4v) is 2.24. The van der Waals surface area contributed by atoms with Crippen molar-refractivity contribution in [1.82, 2.24) is 0 Å². The minimum absolute atomic E-state index is 0.0182. The van der Waals surface area contributed by atoms with Crippen LogP contribution in [0.25, 0.3) is 0 Å². The third kappa shape index (κ3) is 3.11. The Hall–Kier alpha value is -1.26. The quantitative estimate of drug-likeness (QED) is 0.637. The van der Waals surface area contributed by atoms with Gasteiger partial charge >= 0.3 is 0 Å². The maximum absolute atomic E-state index is 11.9. The lowest BCUT2D eigenvalue weighted by Crippen LogP contribution is -2.23. The smallest absolute Gasteiger partial charge is 0.231 e. The van der Waals surface area contributed by atoms with Crippen molar-refractivity contribution in [3.05, 3.63) is 36.4 Å². The summed E-state index contributed by atoms with van der Waals surface area (Å²) in [5.41, 5.74) is 6.56. The molecule has 0 fully saturated rings. The third-order valence-electron chi connectivity index (χ3n) is 2.81. The SMILES string of the molecule is CSc1ccc(NC(=O)C2C=CC(N)C2)cc1. The molecule has 0 bridgehead atoms. The maximum Gasteiger partial charge on any atom is 0.231 e. The van der Waals surface area contributed by atoms with Crippen molar-refractivity contribution in [1.29, 1.82) is 0 Å². The van der Waals surface area contributed by atoms with Crippen molar-refractivity contribution in [2.24, 2.45) is 11.7 Å². The van der Waals surface area contributed by atoms with Crippen molar-refractivity contribution in [3.63, 3.8) is 0 Å². The van der Waals surface area contributed by atoms with E-state index in [1.807, 2.05) is 42.7 Å². The topological polar surface area (TPSA) is 55.1 Å². The lowest BCUT2D eigenvalue weighted by atomic mass is 10.1. The van der Waals surface area contributed by atoms with Gasteiger partial charge in [-0.3, -0.25) is 4.79 Å². The second-order valence-electron chi connectivity index (χ2n) is 4.11. The molecule has 2 rings (SSSR count). The summed E-state index contributed by atoms with van der Waals surface area (Å²) in [7, 11) is 0. The van der Waals surface area contributed by atoms with E-state index in [1.165, 1.54) is 4.90 Å². The summed E-state index contributed by atoms with van der Waals surface area (Å²) in [6, 6.07) is 7.85. The van der Waals surface area contributed by atoms with Gasteiger partial charge in [-0.1, -0.05) is 12.2 Å². The maximum atomic E-state index is 11.9. The van der Waals surface area contributed by atoms with Gasteiger partial charge in [0, 0.05) is 16.6 Å². The van der Waals surface area contributed by atoms with E-state index in [0.29, 0.717) is 6.42 Å². The van der Waals surface area contributed by atoms with Crippen LogP contribution < -0.4 is 11.1 Å². The van der Waals surface area contributed by atoms with Crippen LogP contribution in [-0.2, 0) is 4.79 Å². The van der Waals surface area contributed by atoms with Gasteiger partial charge < -0.3 is 11.1 Å². The van der Waals surface area contributed by atoms with Crippen LogP contribution in [0.3, 0.4) is 0 Å². The van der Waals surface area contributed by atoms with Crippen LogP contribution in [-0.4, -0.2) is 18.2 Å². The number of hydrogen-bond donors (Lipinski definition) is 2. The highest BCUT2D eigenvalue weighted by Gasteiger charge is 2.22. The van der Waals surface area contributed by atoms with Crippen molar-refractivity contribution < 1.29 is 4.79 Å². The molecule has 0 spiro atoms. The second kappa shape index (κ2) is 5.38. The molecule has 0 heterocycles. The summed E-state index contributed by atoms with van der Waals surface area (Å²) in [6.07, 6.45) is 6.50. The highest BCUT2D eigenvalue weighted by atomic mass is 32.2. The van der Waals surface area contributed by atoms with E-state index in [9.17, 15) is 4.79 Å². The number of anilines is 1. The van der Waals surface area contributed by atoms with Crippen LogP contribution in [0.2, 0.25) is 0 Å². The van der Waals surface area contributed by atoms with Gasteiger partial charge in [0.05, 0.1) is 5.92 Å². The summed E-state index contributed by atoms with van der Waals surface area (Å²) in [5.74, 6) is -0.0728. The molecule has 1 aromatic rings. The molecule has 3 N–H and O–H groups in total. The standard InChI is InChI=1S/C13H16N2OS/c1-17-12-6-4-11(5-7-12)15-13(16)9-2-3-10(14)8-9/h2-7,9-10H,8,14H2,1H3,(H,15,16). The Labute approximate surface area is 105 Å². The number of rotatable bonds is 3. The van der Waals surface area contributed by atoms with Gasteiger partial charge in [0.1, 0.15) is 0 Å². The number of thioether (sulfide) groups is 1. The summed E-state index contributed by atoms with van der Waals surface area (Å²) >= 11 is 1.68. The number of carbonyl (C=O) groups excluding carboxylic acids is 1. The monoisotopic (exact) mass is 248 g/mol. The fourth-order valence-electron chi connectivity index (χ4n) is 1.83. The highest BCUT2D eigenvalue weighted by molar-refractivity contribution is 7.98. The number of carbonyl (C=O) groups is 1. The predicted octanol–water partition coefficient (Wildman–Crippen LogP) is 2.25. The molecule has 0 saturated carbocycles. The minimum atomic E-state index is -0.0924. The molecule has 0 aliphatic heterocycles. The zero-order valence-electron chi connectivity index (χ0n) is 9.72. The van der Waals surface area contributed by atoms with E-state index in [-0.39, 0.29) is 17.9 Å². The van der Waals surface area contributed by atoms with Gasteiger partial charge in [-0.15, -0.1) is 11.8 Å². The van der Waals surface area contributed by atoms with Crippen LogP contribution >= 0.6 is 11.8 Å². The Kier molecular flexibility index (Phi) is 3.86. The summed E-state index contributed by atoms with van der Waals surface area (Å²) in [5, 5.41) is 2.90. The number of hydrogen-bond acceptors (Lipinski definition) is 3. The minimum Gasteiger partial charge on any atom is -0.326 e. The molecule has 17 heavy (non-hydrogen) atoms. The first-order valence-corrected chi connectivity index (χ1v) is 6.80. The fraction of sp³-hybridized carbons (Fsp3) is 0.308. The van der Waals surface area contributed by atoms with E-state index < -0.39 is 0 Å².